The minimum Gasteiger partial charge on any atom is -0.351 e. The number of pyridine rings is 1. The summed E-state index contributed by atoms with van der Waals surface area (Å²) in [4.78, 5) is 7.27. The van der Waals surface area contributed by atoms with E-state index in [1.54, 1.807) is 10.4 Å². The molecule has 1 aliphatic heterocycles. The Bertz CT molecular complexity index is 637. The highest BCUT2D eigenvalue weighted by Crippen LogP contribution is 2.31. The normalized spacial score (nSPS) is 16.2. The molecule has 22 heavy (non-hydrogen) atoms. The van der Waals surface area contributed by atoms with Gasteiger partial charge in [-0.25, -0.2) is 9.37 Å². The molecule has 1 fully saturated rings. The van der Waals surface area contributed by atoms with Crippen LogP contribution in [0.3, 0.4) is 0 Å². The molecule has 1 saturated heterocycles. The highest BCUT2D eigenvalue weighted by Gasteiger charge is 2.32. The Balaban J connectivity index is 1.71. The SMILES string of the molecule is Fc1cc(C(F)(F)F)cnc1N1CCN(c2nncs2)CC1. The largest absolute Gasteiger partial charge is 0.417 e. The monoisotopic (exact) mass is 333 g/mol. The van der Waals surface area contributed by atoms with Gasteiger partial charge in [0.1, 0.15) is 5.51 Å². The Kier molecular flexibility index (Phi) is 3.85. The molecule has 0 N–H and O–H groups in total. The lowest BCUT2D eigenvalue weighted by molar-refractivity contribution is -0.138. The number of alkyl halides is 3. The van der Waals surface area contributed by atoms with Crippen molar-refractivity contribution < 1.29 is 17.6 Å². The summed E-state index contributed by atoms with van der Waals surface area (Å²) in [5.41, 5.74) is 0.542. The Labute approximate surface area is 127 Å². The molecule has 0 aromatic carbocycles. The molecular weight excluding hydrogens is 322 g/mol. The van der Waals surface area contributed by atoms with Crippen molar-refractivity contribution in [3.63, 3.8) is 0 Å². The number of rotatable bonds is 2. The highest BCUT2D eigenvalue weighted by molar-refractivity contribution is 7.13. The zero-order valence-corrected chi connectivity index (χ0v) is 12.0. The van der Waals surface area contributed by atoms with Gasteiger partial charge in [0, 0.05) is 32.4 Å². The van der Waals surface area contributed by atoms with Crippen LogP contribution < -0.4 is 9.80 Å². The average Bonchev–Trinajstić information content (AvgIpc) is 3.01. The summed E-state index contributed by atoms with van der Waals surface area (Å²) in [5.74, 6) is -1.01. The number of hydrogen-bond donors (Lipinski definition) is 0. The van der Waals surface area contributed by atoms with E-state index >= 15 is 0 Å². The first-order valence-corrected chi connectivity index (χ1v) is 7.32. The molecule has 1 aliphatic rings. The van der Waals surface area contributed by atoms with Crippen molar-refractivity contribution in [3.05, 3.63) is 29.2 Å². The Morgan fingerprint density at radius 2 is 1.77 bits per heavy atom. The van der Waals surface area contributed by atoms with Crippen LogP contribution in [0.4, 0.5) is 28.5 Å². The van der Waals surface area contributed by atoms with Crippen molar-refractivity contribution in [2.45, 2.75) is 6.18 Å². The minimum absolute atomic E-state index is 0.0510. The predicted molar refractivity (Wildman–Crippen MR) is 73.5 cm³/mol. The third-order valence-corrected chi connectivity index (χ3v) is 4.10. The Morgan fingerprint density at radius 1 is 1.09 bits per heavy atom. The second kappa shape index (κ2) is 5.67. The van der Waals surface area contributed by atoms with Crippen molar-refractivity contribution in [1.82, 2.24) is 15.2 Å². The summed E-state index contributed by atoms with van der Waals surface area (Å²) >= 11 is 1.40. The molecule has 0 aliphatic carbocycles. The van der Waals surface area contributed by atoms with Gasteiger partial charge in [-0.2, -0.15) is 13.2 Å². The second-order valence-corrected chi connectivity index (χ2v) is 5.53. The molecule has 2 aromatic heterocycles. The summed E-state index contributed by atoms with van der Waals surface area (Å²) in [6.07, 6.45) is -3.93. The Morgan fingerprint density at radius 3 is 2.32 bits per heavy atom. The van der Waals surface area contributed by atoms with Crippen molar-refractivity contribution in [1.29, 1.82) is 0 Å². The van der Waals surface area contributed by atoms with Crippen molar-refractivity contribution in [2.75, 3.05) is 36.0 Å². The summed E-state index contributed by atoms with van der Waals surface area (Å²) in [6, 6.07) is 0.486. The summed E-state index contributed by atoms with van der Waals surface area (Å²) in [6.45, 7) is 2.07. The number of hydrogen-bond acceptors (Lipinski definition) is 6. The van der Waals surface area contributed by atoms with Crippen molar-refractivity contribution in [2.24, 2.45) is 0 Å². The van der Waals surface area contributed by atoms with Gasteiger partial charge >= 0.3 is 6.18 Å². The maximum Gasteiger partial charge on any atom is 0.417 e. The standard InChI is InChI=1S/C12H11F4N5S/c13-9-5-8(12(14,15)16)6-17-10(9)20-1-3-21(4-2-20)11-19-18-7-22-11/h5-7H,1-4H2. The lowest BCUT2D eigenvalue weighted by Gasteiger charge is -2.35. The Hall–Kier alpha value is -1.97. The zero-order valence-electron chi connectivity index (χ0n) is 11.2. The third kappa shape index (κ3) is 2.96. The molecule has 0 amide bonds. The number of halogens is 4. The predicted octanol–water partition coefficient (Wildman–Crippen LogP) is 2.42. The fraction of sp³-hybridized carbons (Fsp3) is 0.417. The molecule has 2 aromatic rings. The van der Waals surface area contributed by atoms with E-state index in [1.165, 1.54) is 11.3 Å². The van der Waals surface area contributed by atoms with Crippen LogP contribution in [-0.4, -0.2) is 41.4 Å². The summed E-state index contributed by atoms with van der Waals surface area (Å²) in [7, 11) is 0. The van der Waals surface area contributed by atoms with E-state index in [9.17, 15) is 17.6 Å². The van der Waals surface area contributed by atoms with Gasteiger partial charge in [-0.15, -0.1) is 10.2 Å². The number of anilines is 2. The van der Waals surface area contributed by atoms with Crippen LogP contribution in [0.15, 0.2) is 17.8 Å². The maximum absolute atomic E-state index is 13.9. The van der Waals surface area contributed by atoms with Gasteiger partial charge in [-0.1, -0.05) is 11.3 Å². The first kappa shape index (κ1) is 14.9. The van der Waals surface area contributed by atoms with Crippen LogP contribution >= 0.6 is 11.3 Å². The van der Waals surface area contributed by atoms with Crippen molar-refractivity contribution in [3.8, 4) is 0 Å². The van der Waals surface area contributed by atoms with Crippen LogP contribution in [0.5, 0.6) is 0 Å². The molecule has 0 saturated carbocycles. The maximum atomic E-state index is 13.9. The van der Waals surface area contributed by atoms with E-state index in [1.807, 2.05) is 4.90 Å². The van der Waals surface area contributed by atoms with Crippen LogP contribution in [0, 0.1) is 5.82 Å². The van der Waals surface area contributed by atoms with Gasteiger partial charge in [0.25, 0.3) is 0 Å². The van der Waals surface area contributed by atoms with Crippen LogP contribution in [0.25, 0.3) is 0 Å². The van der Waals surface area contributed by atoms with Gasteiger partial charge in [0.2, 0.25) is 5.13 Å². The van der Waals surface area contributed by atoms with Crippen LogP contribution in [0.1, 0.15) is 5.56 Å². The minimum atomic E-state index is -4.59. The number of nitrogens with zero attached hydrogens (tertiary/aromatic N) is 5. The molecular formula is C12H11F4N5S. The third-order valence-electron chi connectivity index (χ3n) is 3.35. The molecule has 5 nitrogen and oxygen atoms in total. The zero-order chi connectivity index (χ0) is 15.7. The van der Waals surface area contributed by atoms with E-state index < -0.39 is 17.6 Å². The van der Waals surface area contributed by atoms with E-state index in [4.69, 9.17) is 0 Å². The first-order valence-electron chi connectivity index (χ1n) is 6.44. The number of aromatic nitrogens is 3. The number of piperazine rings is 1. The molecule has 0 spiro atoms. The second-order valence-electron chi connectivity index (χ2n) is 4.72. The molecule has 0 radical (unpaired) electrons. The van der Waals surface area contributed by atoms with Crippen LogP contribution in [0.2, 0.25) is 0 Å². The molecule has 3 heterocycles. The molecule has 0 atom stereocenters. The summed E-state index contributed by atoms with van der Waals surface area (Å²) < 4.78 is 51.4. The summed E-state index contributed by atoms with van der Waals surface area (Å²) in [5, 5.41) is 8.49. The molecule has 0 bridgehead atoms. The van der Waals surface area contributed by atoms with Gasteiger partial charge in [0.05, 0.1) is 5.56 Å². The molecule has 118 valence electrons. The van der Waals surface area contributed by atoms with Gasteiger partial charge in [-0.05, 0) is 6.07 Å². The van der Waals surface area contributed by atoms with Gasteiger partial charge in [-0.3, -0.25) is 0 Å². The first-order chi connectivity index (χ1) is 10.4. The van der Waals surface area contributed by atoms with E-state index in [-0.39, 0.29) is 5.82 Å². The van der Waals surface area contributed by atoms with E-state index in [2.05, 4.69) is 15.2 Å². The van der Waals surface area contributed by atoms with E-state index in [0.717, 1.165) is 5.13 Å². The molecule has 10 heteroatoms. The van der Waals surface area contributed by atoms with E-state index in [0.29, 0.717) is 38.4 Å². The average molecular weight is 333 g/mol. The van der Waals surface area contributed by atoms with Gasteiger partial charge in [0.15, 0.2) is 11.6 Å². The smallest absolute Gasteiger partial charge is 0.351 e. The highest BCUT2D eigenvalue weighted by atomic mass is 32.1. The quantitative estimate of drug-likeness (QED) is 0.790. The molecule has 3 rings (SSSR count). The molecule has 0 unspecified atom stereocenters. The lowest BCUT2D eigenvalue weighted by Crippen LogP contribution is -2.47. The topological polar surface area (TPSA) is 45.2 Å². The fourth-order valence-corrected chi connectivity index (χ4v) is 2.85. The fourth-order valence-electron chi connectivity index (χ4n) is 2.23. The van der Waals surface area contributed by atoms with Crippen LogP contribution in [-0.2, 0) is 6.18 Å². The lowest BCUT2D eigenvalue weighted by atomic mass is 10.2. The van der Waals surface area contributed by atoms with Gasteiger partial charge < -0.3 is 9.80 Å². The van der Waals surface area contributed by atoms with Crippen molar-refractivity contribution >= 4 is 22.3 Å².